The second kappa shape index (κ2) is 6.61. The zero-order valence-electron chi connectivity index (χ0n) is 11.1. The Balaban J connectivity index is 2.12. The number of nitrogens with one attached hydrogen (secondary N) is 1. The number of benzene rings is 2. The van der Waals surface area contributed by atoms with E-state index in [-0.39, 0.29) is 11.3 Å². The molecule has 21 heavy (non-hydrogen) atoms. The number of hydrogen-bond acceptors (Lipinski definition) is 3. The van der Waals surface area contributed by atoms with E-state index in [1.807, 2.05) is 0 Å². The lowest BCUT2D eigenvalue weighted by molar-refractivity contribution is 0.0952. The van der Waals surface area contributed by atoms with Crippen LogP contribution in [0.1, 0.15) is 22.8 Å². The fourth-order valence-corrected chi connectivity index (χ4v) is 1.94. The number of rotatable bonds is 3. The van der Waals surface area contributed by atoms with Gasteiger partial charge in [0, 0.05) is 10.0 Å². The van der Waals surface area contributed by atoms with Crippen LogP contribution < -0.4 is 5.43 Å². The van der Waals surface area contributed by atoms with E-state index in [0.29, 0.717) is 15.8 Å². The summed E-state index contributed by atoms with van der Waals surface area (Å²) in [6, 6.07) is 11.3. The molecule has 6 heteroatoms. The number of nitrogens with zero attached hydrogens (tertiary/aromatic N) is 1. The summed E-state index contributed by atoms with van der Waals surface area (Å²) < 4.78 is 0. The van der Waals surface area contributed by atoms with Crippen LogP contribution in [0.3, 0.4) is 0 Å². The van der Waals surface area contributed by atoms with Gasteiger partial charge in [-0.3, -0.25) is 4.79 Å². The minimum absolute atomic E-state index is 0.104. The van der Waals surface area contributed by atoms with Crippen LogP contribution in [-0.4, -0.2) is 16.7 Å². The second-order valence-corrected chi connectivity index (χ2v) is 5.18. The van der Waals surface area contributed by atoms with Crippen molar-refractivity contribution in [3.63, 3.8) is 0 Å². The number of phenolic OH excluding ortho intramolecular Hbond substituents is 1. The highest BCUT2D eigenvalue weighted by Gasteiger charge is 2.10. The van der Waals surface area contributed by atoms with Crippen molar-refractivity contribution >= 4 is 34.8 Å². The van der Waals surface area contributed by atoms with Gasteiger partial charge in [0.15, 0.2) is 0 Å². The molecule has 0 atom stereocenters. The number of phenols is 1. The van der Waals surface area contributed by atoms with E-state index in [9.17, 15) is 9.90 Å². The number of halogens is 2. The van der Waals surface area contributed by atoms with Gasteiger partial charge in [-0.2, -0.15) is 5.10 Å². The Morgan fingerprint density at radius 3 is 2.33 bits per heavy atom. The summed E-state index contributed by atoms with van der Waals surface area (Å²) in [5.41, 5.74) is 3.94. The molecule has 0 saturated heterocycles. The third kappa shape index (κ3) is 3.97. The van der Waals surface area contributed by atoms with E-state index in [4.69, 9.17) is 23.2 Å². The first-order chi connectivity index (χ1) is 9.97. The van der Waals surface area contributed by atoms with E-state index in [1.165, 1.54) is 18.2 Å². The monoisotopic (exact) mass is 322 g/mol. The summed E-state index contributed by atoms with van der Waals surface area (Å²) in [5.74, 6) is -0.711. The minimum Gasteiger partial charge on any atom is -0.507 e. The Kier molecular flexibility index (Phi) is 4.83. The van der Waals surface area contributed by atoms with Crippen LogP contribution in [0.4, 0.5) is 0 Å². The van der Waals surface area contributed by atoms with Crippen LogP contribution in [0.25, 0.3) is 0 Å². The SMILES string of the molecule is CC(=NNC(=O)c1ccc(Cl)cc1O)c1ccc(Cl)cc1. The standard InChI is InChI=1S/C15H12Cl2N2O2/c1-9(10-2-4-11(16)5-3-10)18-19-15(21)13-7-6-12(17)8-14(13)20/h2-8,20H,1H3,(H,19,21). The molecule has 2 aromatic carbocycles. The Morgan fingerprint density at radius 2 is 1.71 bits per heavy atom. The summed E-state index contributed by atoms with van der Waals surface area (Å²) in [5, 5.41) is 14.6. The minimum atomic E-state index is -0.516. The zero-order valence-corrected chi connectivity index (χ0v) is 12.6. The van der Waals surface area contributed by atoms with E-state index in [0.717, 1.165) is 5.56 Å². The summed E-state index contributed by atoms with van der Waals surface area (Å²) in [6.07, 6.45) is 0. The van der Waals surface area contributed by atoms with E-state index in [1.54, 1.807) is 31.2 Å². The molecule has 0 heterocycles. The van der Waals surface area contributed by atoms with Crippen molar-refractivity contribution in [2.24, 2.45) is 5.10 Å². The number of aromatic hydroxyl groups is 1. The molecular weight excluding hydrogens is 311 g/mol. The molecule has 4 nitrogen and oxygen atoms in total. The Labute approximate surface area is 132 Å². The van der Waals surface area contributed by atoms with Gasteiger partial charge in [-0.1, -0.05) is 35.3 Å². The smallest absolute Gasteiger partial charge is 0.275 e. The average molecular weight is 323 g/mol. The third-order valence-corrected chi connectivity index (χ3v) is 3.28. The Hall–Kier alpha value is -2.04. The number of carbonyl (C=O) groups excluding carboxylic acids is 1. The molecule has 2 rings (SSSR count). The summed E-state index contributed by atoms with van der Waals surface area (Å²) >= 11 is 11.5. The van der Waals surface area contributed by atoms with E-state index < -0.39 is 5.91 Å². The van der Waals surface area contributed by atoms with Crippen molar-refractivity contribution in [2.75, 3.05) is 0 Å². The predicted octanol–water partition coefficient (Wildman–Crippen LogP) is 3.85. The number of hydrogen-bond donors (Lipinski definition) is 2. The lowest BCUT2D eigenvalue weighted by atomic mass is 10.1. The zero-order chi connectivity index (χ0) is 15.4. The van der Waals surface area contributed by atoms with Gasteiger partial charge in [-0.15, -0.1) is 0 Å². The molecule has 0 aliphatic heterocycles. The normalized spacial score (nSPS) is 11.3. The molecule has 0 spiro atoms. The van der Waals surface area contributed by atoms with Gasteiger partial charge in [-0.25, -0.2) is 5.43 Å². The highest BCUT2D eigenvalue weighted by molar-refractivity contribution is 6.31. The van der Waals surface area contributed by atoms with Crippen LogP contribution in [0.5, 0.6) is 5.75 Å². The third-order valence-electron chi connectivity index (χ3n) is 2.79. The molecule has 0 aliphatic rings. The largest absolute Gasteiger partial charge is 0.507 e. The molecule has 2 aromatic rings. The quantitative estimate of drug-likeness (QED) is 0.666. The van der Waals surface area contributed by atoms with E-state index >= 15 is 0 Å². The van der Waals surface area contributed by atoms with Gasteiger partial charge >= 0.3 is 0 Å². The molecule has 0 aliphatic carbocycles. The number of amides is 1. The van der Waals surface area contributed by atoms with E-state index in [2.05, 4.69) is 10.5 Å². The van der Waals surface area contributed by atoms with Crippen molar-refractivity contribution in [2.45, 2.75) is 6.92 Å². The molecule has 0 saturated carbocycles. The molecular formula is C15H12Cl2N2O2. The van der Waals surface area contributed by atoms with Crippen LogP contribution in [-0.2, 0) is 0 Å². The molecule has 0 bridgehead atoms. The van der Waals surface area contributed by atoms with Gasteiger partial charge < -0.3 is 5.11 Å². The van der Waals surface area contributed by atoms with Crippen molar-refractivity contribution in [3.05, 3.63) is 63.6 Å². The van der Waals surface area contributed by atoms with Crippen molar-refractivity contribution in [3.8, 4) is 5.75 Å². The van der Waals surface area contributed by atoms with Crippen LogP contribution in [0.2, 0.25) is 10.0 Å². The predicted molar refractivity (Wildman–Crippen MR) is 84.2 cm³/mol. The number of hydrazone groups is 1. The van der Waals surface area contributed by atoms with Crippen molar-refractivity contribution in [1.82, 2.24) is 5.43 Å². The summed E-state index contributed by atoms with van der Waals surface area (Å²) in [6.45, 7) is 1.76. The Morgan fingerprint density at radius 1 is 1.10 bits per heavy atom. The molecule has 0 aromatic heterocycles. The molecule has 108 valence electrons. The molecule has 0 unspecified atom stereocenters. The second-order valence-electron chi connectivity index (χ2n) is 4.31. The maximum absolute atomic E-state index is 11.9. The first kappa shape index (κ1) is 15.4. The van der Waals surface area contributed by atoms with Gasteiger partial charge in [0.05, 0.1) is 11.3 Å². The van der Waals surface area contributed by atoms with Crippen LogP contribution >= 0.6 is 23.2 Å². The Bertz CT molecular complexity index is 697. The average Bonchev–Trinajstić information content (AvgIpc) is 2.45. The maximum Gasteiger partial charge on any atom is 0.275 e. The highest BCUT2D eigenvalue weighted by Crippen LogP contribution is 2.21. The fraction of sp³-hybridized carbons (Fsp3) is 0.0667. The molecule has 1 amide bonds. The molecule has 0 fully saturated rings. The van der Waals surface area contributed by atoms with Gasteiger partial charge in [0.25, 0.3) is 5.91 Å². The fourth-order valence-electron chi connectivity index (χ4n) is 1.65. The topological polar surface area (TPSA) is 61.7 Å². The number of carbonyl (C=O) groups is 1. The van der Waals surface area contributed by atoms with Crippen molar-refractivity contribution in [1.29, 1.82) is 0 Å². The van der Waals surface area contributed by atoms with Gasteiger partial charge in [0.1, 0.15) is 5.75 Å². The van der Waals surface area contributed by atoms with Crippen molar-refractivity contribution < 1.29 is 9.90 Å². The first-order valence-corrected chi connectivity index (χ1v) is 6.82. The molecule has 2 N–H and O–H groups in total. The highest BCUT2D eigenvalue weighted by atomic mass is 35.5. The maximum atomic E-state index is 11.9. The first-order valence-electron chi connectivity index (χ1n) is 6.06. The van der Waals surface area contributed by atoms with Gasteiger partial charge in [0.2, 0.25) is 0 Å². The lowest BCUT2D eigenvalue weighted by Gasteiger charge is -2.05. The summed E-state index contributed by atoms with van der Waals surface area (Å²) in [4.78, 5) is 11.9. The summed E-state index contributed by atoms with van der Waals surface area (Å²) in [7, 11) is 0. The van der Waals surface area contributed by atoms with Gasteiger partial charge in [-0.05, 0) is 42.8 Å². The van der Waals surface area contributed by atoms with Crippen LogP contribution in [0.15, 0.2) is 47.6 Å². The molecule has 0 radical (unpaired) electrons. The lowest BCUT2D eigenvalue weighted by Crippen LogP contribution is -2.19. The van der Waals surface area contributed by atoms with Crippen LogP contribution in [0, 0.1) is 0 Å².